The fourth-order valence-corrected chi connectivity index (χ4v) is 3.61. The van der Waals surface area contributed by atoms with Crippen molar-refractivity contribution in [3.8, 4) is 0 Å². The number of amides is 2. The molecular weight excluding hydrogens is 334 g/mol. The number of likely N-dealkylation sites (tertiary alicyclic amines) is 1. The average molecular weight is 361 g/mol. The number of fused-ring (bicyclic) bond motifs is 1. The Bertz CT molecular complexity index is 684. The third-order valence-corrected chi connectivity index (χ3v) is 5.12. The third-order valence-electron chi connectivity index (χ3n) is 5.12. The van der Waals surface area contributed by atoms with Crippen LogP contribution in [0.5, 0.6) is 0 Å². The molecule has 0 aliphatic carbocycles. The Morgan fingerprint density at radius 2 is 1.92 bits per heavy atom. The van der Waals surface area contributed by atoms with Crippen molar-refractivity contribution >= 4 is 17.8 Å². The summed E-state index contributed by atoms with van der Waals surface area (Å²) in [4.78, 5) is 38.2. The Morgan fingerprint density at radius 3 is 2.54 bits per heavy atom. The largest absolute Gasteiger partial charge is 0.372 e. The van der Waals surface area contributed by atoms with Crippen LogP contribution in [0.2, 0.25) is 0 Å². The molecule has 3 rings (SSSR count). The molecule has 1 N–H and O–H groups in total. The SMILES string of the molecule is CC[C@H](OC)C(=O)N1CCc2nc(NC)nc(C(=O)N3CCCC3)c2C1. The molecule has 0 unspecified atom stereocenters. The molecule has 0 radical (unpaired) electrons. The van der Waals surface area contributed by atoms with Gasteiger partial charge in [0.05, 0.1) is 5.69 Å². The summed E-state index contributed by atoms with van der Waals surface area (Å²) < 4.78 is 5.29. The minimum absolute atomic E-state index is 0.0436. The van der Waals surface area contributed by atoms with Crippen LogP contribution < -0.4 is 5.32 Å². The second-order valence-corrected chi connectivity index (χ2v) is 6.71. The van der Waals surface area contributed by atoms with E-state index in [1.54, 1.807) is 19.1 Å². The molecule has 1 aromatic rings. The maximum absolute atomic E-state index is 13.0. The predicted molar refractivity (Wildman–Crippen MR) is 96.9 cm³/mol. The zero-order valence-electron chi connectivity index (χ0n) is 15.7. The van der Waals surface area contributed by atoms with Crippen LogP contribution in [0.3, 0.4) is 0 Å². The van der Waals surface area contributed by atoms with Gasteiger partial charge in [0.2, 0.25) is 5.95 Å². The van der Waals surface area contributed by atoms with Crippen molar-refractivity contribution in [2.24, 2.45) is 0 Å². The van der Waals surface area contributed by atoms with Crippen LogP contribution >= 0.6 is 0 Å². The lowest BCUT2D eigenvalue weighted by atomic mass is 10.0. The Hall–Kier alpha value is -2.22. The smallest absolute Gasteiger partial charge is 0.273 e. The van der Waals surface area contributed by atoms with Crippen molar-refractivity contribution in [2.45, 2.75) is 45.3 Å². The van der Waals surface area contributed by atoms with E-state index in [2.05, 4.69) is 15.3 Å². The van der Waals surface area contributed by atoms with Gasteiger partial charge in [0.25, 0.3) is 11.8 Å². The molecule has 8 nitrogen and oxygen atoms in total. The van der Waals surface area contributed by atoms with Crippen molar-refractivity contribution in [1.29, 1.82) is 0 Å². The van der Waals surface area contributed by atoms with Gasteiger partial charge in [-0.05, 0) is 19.3 Å². The molecular formula is C18H27N5O3. The molecule has 1 atom stereocenters. The van der Waals surface area contributed by atoms with Crippen LogP contribution in [0, 0.1) is 0 Å². The summed E-state index contributed by atoms with van der Waals surface area (Å²) in [6.07, 6.45) is 2.82. The van der Waals surface area contributed by atoms with Crippen LogP contribution in [0.1, 0.15) is 47.9 Å². The Kier molecular flexibility index (Phi) is 5.70. The second kappa shape index (κ2) is 7.99. The third kappa shape index (κ3) is 3.51. The fraction of sp³-hybridized carbons (Fsp3) is 0.667. The second-order valence-electron chi connectivity index (χ2n) is 6.71. The highest BCUT2D eigenvalue weighted by atomic mass is 16.5. The number of nitrogens with zero attached hydrogens (tertiary/aromatic N) is 4. The standard InChI is InChI=1S/C18H27N5O3/c1-4-14(26-3)16(24)23-10-7-13-12(11-23)15(21-18(19-2)20-13)17(25)22-8-5-6-9-22/h14H,4-11H2,1-3H3,(H,19,20,21)/t14-/m0/s1. The number of hydrogen-bond acceptors (Lipinski definition) is 6. The number of aromatic nitrogens is 2. The van der Waals surface area contributed by atoms with E-state index in [4.69, 9.17) is 4.74 Å². The molecule has 2 aliphatic heterocycles. The van der Waals surface area contributed by atoms with Gasteiger partial charge in [-0.15, -0.1) is 0 Å². The molecule has 26 heavy (non-hydrogen) atoms. The minimum Gasteiger partial charge on any atom is -0.372 e. The molecule has 1 aromatic heterocycles. The van der Waals surface area contributed by atoms with Gasteiger partial charge in [0.15, 0.2) is 0 Å². The fourth-order valence-electron chi connectivity index (χ4n) is 3.61. The van der Waals surface area contributed by atoms with E-state index < -0.39 is 6.10 Å². The molecule has 2 aliphatic rings. The summed E-state index contributed by atoms with van der Waals surface area (Å²) in [5.41, 5.74) is 2.04. The number of rotatable bonds is 5. The predicted octanol–water partition coefficient (Wildman–Crippen LogP) is 1.06. The van der Waals surface area contributed by atoms with E-state index in [0.717, 1.165) is 37.2 Å². The van der Waals surface area contributed by atoms with Crippen molar-refractivity contribution in [1.82, 2.24) is 19.8 Å². The number of nitrogens with one attached hydrogen (secondary N) is 1. The minimum atomic E-state index is -0.452. The molecule has 142 valence electrons. The van der Waals surface area contributed by atoms with Crippen LogP contribution in [-0.4, -0.2) is 71.5 Å². The molecule has 3 heterocycles. The Labute approximate surface area is 153 Å². The average Bonchev–Trinajstić information content (AvgIpc) is 3.21. The number of anilines is 1. The molecule has 1 fully saturated rings. The number of hydrogen-bond donors (Lipinski definition) is 1. The lowest BCUT2D eigenvalue weighted by molar-refractivity contribution is -0.143. The van der Waals surface area contributed by atoms with Crippen LogP contribution in [0.15, 0.2) is 0 Å². The van der Waals surface area contributed by atoms with Gasteiger partial charge >= 0.3 is 0 Å². The first-order chi connectivity index (χ1) is 12.6. The van der Waals surface area contributed by atoms with Gasteiger partial charge in [-0.3, -0.25) is 9.59 Å². The van der Waals surface area contributed by atoms with E-state index in [0.29, 0.717) is 37.6 Å². The van der Waals surface area contributed by atoms with E-state index in [1.165, 1.54) is 0 Å². The maximum atomic E-state index is 13.0. The summed E-state index contributed by atoms with van der Waals surface area (Å²) >= 11 is 0. The van der Waals surface area contributed by atoms with Gasteiger partial charge in [-0.25, -0.2) is 9.97 Å². The number of ether oxygens (including phenoxy) is 1. The van der Waals surface area contributed by atoms with E-state index in [1.807, 2.05) is 11.8 Å². The zero-order chi connectivity index (χ0) is 18.7. The number of methoxy groups -OCH3 is 1. The summed E-state index contributed by atoms with van der Waals surface area (Å²) in [5.74, 6) is 0.345. The monoisotopic (exact) mass is 361 g/mol. The molecule has 0 saturated carbocycles. The van der Waals surface area contributed by atoms with Crippen molar-refractivity contribution in [3.05, 3.63) is 17.0 Å². The lowest BCUT2D eigenvalue weighted by Crippen LogP contribution is -2.44. The van der Waals surface area contributed by atoms with Gasteiger partial charge in [-0.2, -0.15) is 0 Å². The van der Waals surface area contributed by atoms with Crippen molar-refractivity contribution in [2.75, 3.05) is 39.1 Å². The normalized spacial score (nSPS) is 17.8. The van der Waals surface area contributed by atoms with Crippen LogP contribution in [0.4, 0.5) is 5.95 Å². The molecule has 0 spiro atoms. The zero-order valence-corrected chi connectivity index (χ0v) is 15.7. The molecule has 0 bridgehead atoms. The summed E-state index contributed by atoms with van der Waals surface area (Å²) in [7, 11) is 3.30. The lowest BCUT2D eigenvalue weighted by Gasteiger charge is -2.32. The molecule has 2 amide bonds. The van der Waals surface area contributed by atoms with E-state index in [-0.39, 0.29) is 11.8 Å². The molecule has 0 aromatic carbocycles. The first-order valence-electron chi connectivity index (χ1n) is 9.27. The first kappa shape index (κ1) is 18.6. The Morgan fingerprint density at radius 1 is 1.19 bits per heavy atom. The van der Waals surface area contributed by atoms with Crippen LogP contribution in [0.25, 0.3) is 0 Å². The van der Waals surface area contributed by atoms with Gasteiger partial charge < -0.3 is 19.9 Å². The van der Waals surface area contributed by atoms with E-state index in [9.17, 15) is 9.59 Å². The Balaban J connectivity index is 1.92. The van der Waals surface area contributed by atoms with Crippen LogP contribution in [-0.2, 0) is 22.5 Å². The van der Waals surface area contributed by atoms with E-state index >= 15 is 0 Å². The molecule has 1 saturated heterocycles. The summed E-state index contributed by atoms with van der Waals surface area (Å²) in [6, 6.07) is 0. The van der Waals surface area contributed by atoms with Gasteiger partial charge in [0.1, 0.15) is 11.8 Å². The topological polar surface area (TPSA) is 87.7 Å². The van der Waals surface area contributed by atoms with Gasteiger partial charge in [0, 0.05) is 52.3 Å². The van der Waals surface area contributed by atoms with Crippen molar-refractivity contribution < 1.29 is 14.3 Å². The van der Waals surface area contributed by atoms with Crippen molar-refractivity contribution in [3.63, 3.8) is 0 Å². The maximum Gasteiger partial charge on any atom is 0.273 e. The number of carbonyl (C=O) groups is 2. The van der Waals surface area contributed by atoms with Gasteiger partial charge in [-0.1, -0.05) is 6.92 Å². The number of carbonyl (C=O) groups excluding carboxylic acids is 2. The highest BCUT2D eigenvalue weighted by Crippen LogP contribution is 2.25. The highest BCUT2D eigenvalue weighted by Gasteiger charge is 2.32. The quantitative estimate of drug-likeness (QED) is 0.844. The highest BCUT2D eigenvalue weighted by molar-refractivity contribution is 5.94. The molecule has 8 heteroatoms. The summed E-state index contributed by atoms with van der Waals surface area (Å²) in [6.45, 7) is 4.37. The summed E-state index contributed by atoms with van der Waals surface area (Å²) in [5, 5.41) is 2.94. The first-order valence-corrected chi connectivity index (χ1v) is 9.27.